The number of nitrogens with zero attached hydrogens (tertiary/aromatic N) is 1. The van der Waals surface area contributed by atoms with Crippen molar-refractivity contribution >= 4 is 59.2 Å². The third kappa shape index (κ3) is 7.26. The molecule has 3 aromatic carbocycles. The molecule has 2 N–H and O–H groups in total. The summed E-state index contributed by atoms with van der Waals surface area (Å²) in [5.41, 5.74) is 0.562. The molecule has 1 saturated heterocycles. The second-order valence-electron chi connectivity index (χ2n) is 8.72. The van der Waals surface area contributed by atoms with Crippen LogP contribution in [0.15, 0.2) is 87.1 Å². The zero-order chi connectivity index (χ0) is 28.9. The minimum Gasteiger partial charge on any atom is -0.449 e. The monoisotopic (exact) mass is 651 g/mol. The van der Waals surface area contributed by atoms with Crippen molar-refractivity contribution in [1.29, 1.82) is 0 Å². The fourth-order valence-electron chi connectivity index (χ4n) is 3.70. The molecule has 0 saturated carbocycles. The van der Waals surface area contributed by atoms with Crippen LogP contribution in [0.4, 0.5) is 11.4 Å². The highest BCUT2D eigenvalue weighted by Crippen LogP contribution is 2.22. The van der Waals surface area contributed by atoms with Gasteiger partial charge in [0.25, 0.3) is 15.9 Å². The van der Waals surface area contributed by atoms with Gasteiger partial charge < -0.3 is 14.8 Å². The van der Waals surface area contributed by atoms with E-state index in [1.165, 1.54) is 71.9 Å². The van der Waals surface area contributed by atoms with Gasteiger partial charge in [0.2, 0.25) is 10.0 Å². The largest absolute Gasteiger partial charge is 0.449 e. The number of esters is 1. The number of amides is 1. The van der Waals surface area contributed by atoms with Crippen molar-refractivity contribution in [3.05, 3.63) is 82.8 Å². The third-order valence-corrected chi connectivity index (χ3v) is 9.68. The van der Waals surface area contributed by atoms with Gasteiger partial charge >= 0.3 is 5.97 Å². The first kappa shape index (κ1) is 29.7. The molecule has 14 heteroatoms. The third-order valence-electron chi connectivity index (χ3n) is 5.86. The summed E-state index contributed by atoms with van der Waals surface area (Å²) in [4.78, 5) is 25.3. The van der Waals surface area contributed by atoms with Gasteiger partial charge in [-0.3, -0.25) is 9.52 Å². The number of carbonyl (C=O) groups is 2. The van der Waals surface area contributed by atoms with Gasteiger partial charge in [-0.1, -0.05) is 22.0 Å². The Morgan fingerprint density at radius 2 is 1.55 bits per heavy atom. The molecule has 4 rings (SSSR count). The Balaban J connectivity index is 1.35. The van der Waals surface area contributed by atoms with E-state index in [1.807, 2.05) is 0 Å². The van der Waals surface area contributed by atoms with E-state index in [0.29, 0.717) is 13.2 Å². The van der Waals surface area contributed by atoms with Gasteiger partial charge in [0.15, 0.2) is 6.10 Å². The Bertz CT molecular complexity index is 1590. The lowest BCUT2D eigenvalue weighted by atomic mass is 10.2. The maximum Gasteiger partial charge on any atom is 0.338 e. The molecule has 1 amide bonds. The Morgan fingerprint density at radius 1 is 0.900 bits per heavy atom. The molecule has 0 spiro atoms. The molecule has 1 atom stereocenters. The first-order chi connectivity index (χ1) is 19.0. The molecule has 40 heavy (non-hydrogen) atoms. The summed E-state index contributed by atoms with van der Waals surface area (Å²) in [7, 11) is -7.58. The number of anilines is 2. The van der Waals surface area contributed by atoms with E-state index < -0.39 is 38.0 Å². The van der Waals surface area contributed by atoms with Crippen LogP contribution in [-0.4, -0.2) is 65.4 Å². The van der Waals surface area contributed by atoms with Crippen molar-refractivity contribution in [2.75, 3.05) is 36.3 Å². The molecule has 3 aromatic rings. The van der Waals surface area contributed by atoms with E-state index >= 15 is 0 Å². The fraction of sp³-hybridized carbons (Fsp3) is 0.231. The minimum absolute atomic E-state index is 0.0210. The summed E-state index contributed by atoms with van der Waals surface area (Å²) in [6.45, 7) is 2.47. The number of halogens is 1. The van der Waals surface area contributed by atoms with Crippen LogP contribution in [0.5, 0.6) is 0 Å². The number of benzene rings is 3. The highest BCUT2D eigenvalue weighted by molar-refractivity contribution is 9.10. The summed E-state index contributed by atoms with van der Waals surface area (Å²) in [5.74, 6) is -1.46. The molecule has 0 unspecified atom stereocenters. The maximum absolute atomic E-state index is 12.9. The zero-order valence-electron chi connectivity index (χ0n) is 21.2. The predicted molar refractivity (Wildman–Crippen MR) is 151 cm³/mol. The van der Waals surface area contributed by atoms with E-state index in [2.05, 4.69) is 26.0 Å². The number of nitrogens with one attached hydrogen (secondary N) is 2. The lowest BCUT2D eigenvalue weighted by Gasteiger charge is -2.26. The number of rotatable bonds is 9. The van der Waals surface area contributed by atoms with Crippen molar-refractivity contribution in [2.24, 2.45) is 0 Å². The van der Waals surface area contributed by atoms with Crippen molar-refractivity contribution in [3.63, 3.8) is 0 Å². The first-order valence-electron chi connectivity index (χ1n) is 12.0. The molecule has 11 nitrogen and oxygen atoms in total. The number of carbonyl (C=O) groups excluding carboxylic acids is 2. The van der Waals surface area contributed by atoms with E-state index in [9.17, 15) is 26.4 Å². The lowest BCUT2D eigenvalue weighted by molar-refractivity contribution is -0.123. The Hall–Kier alpha value is -3.30. The van der Waals surface area contributed by atoms with Crippen LogP contribution in [0, 0.1) is 0 Å². The predicted octanol–water partition coefficient (Wildman–Crippen LogP) is 3.45. The Labute approximate surface area is 240 Å². The molecular weight excluding hydrogens is 626 g/mol. The molecule has 212 valence electrons. The molecule has 0 aromatic heterocycles. The second-order valence-corrected chi connectivity index (χ2v) is 13.3. The van der Waals surface area contributed by atoms with Crippen LogP contribution >= 0.6 is 15.9 Å². The summed E-state index contributed by atoms with van der Waals surface area (Å²) in [5, 5.41) is 2.56. The number of ether oxygens (including phenoxy) is 2. The van der Waals surface area contributed by atoms with E-state index in [4.69, 9.17) is 9.47 Å². The standard InChI is InChI=1S/C26H26BrN3O8S2/c1-18(25(31)28-22-3-2-4-24(17-22)40(35,36)30-13-15-37-16-14-30)38-26(32)19-5-9-21(10-6-19)29-39(33,34)23-11-7-20(27)8-12-23/h2-12,17-18,29H,13-16H2,1H3,(H,28,31)/t18-/m1/s1. The van der Waals surface area contributed by atoms with Crippen LogP contribution in [0.3, 0.4) is 0 Å². The van der Waals surface area contributed by atoms with Crippen molar-refractivity contribution in [1.82, 2.24) is 4.31 Å². The van der Waals surface area contributed by atoms with Gasteiger partial charge in [-0.05, 0) is 73.7 Å². The van der Waals surface area contributed by atoms with Crippen LogP contribution in [0.1, 0.15) is 17.3 Å². The van der Waals surface area contributed by atoms with Crippen molar-refractivity contribution in [3.8, 4) is 0 Å². The number of hydrogen-bond donors (Lipinski definition) is 2. The van der Waals surface area contributed by atoms with Gasteiger partial charge in [0.1, 0.15) is 0 Å². The Morgan fingerprint density at radius 3 is 2.20 bits per heavy atom. The highest BCUT2D eigenvalue weighted by Gasteiger charge is 2.27. The normalized spacial score (nSPS) is 15.2. The molecule has 1 heterocycles. The smallest absolute Gasteiger partial charge is 0.338 e. The van der Waals surface area contributed by atoms with Crippen molar-refractivity contribution < 1.29 is 35.9 Å². The van der Waals surface area contributed by atoms with Gasteiger partial charge in [-0.25, -0.2) is 21.6 Å². The summed E-state index contributed by atoms with van der Waals surface area (Å²) in [6, 6.07) is 17.5. The first-order valence-corrected chi connectivity index (χ1v) is 15.8. The highest BCUT2D eigenvalue weighted by atomic mass is 79.9. The minimum atomic E-state index is -3.83. The number of sulfonamides is 2. The van der Waals surface area contributed by atoms with Crippen LogP contribution in [0.2, 0.25) is 0 Å². The second kappa shape index (κ2) is 12.5. The van der Waals surface area contributed by atoms with E-state index in [0.717, 1.165) is 4.47 Å². The van der Waals surface area contributed by atoms with Gasteiger partial charge in [0, 0.05) is 28.9 Å². The average molecular weight is 653 g/mol. The SMILES string of the molecule is C[C@@H](OC(=O)c1ccc(NS(=O)(=O)c2ccc(Br)cc2)cc1)C(=O)Nc1cccc(S(=O)(=O)N2CCOCC2)c1. The van der Waals surface area contributed by atoms with Crippen molar-refractivity contribution in [2.45, 2.75) is 22.8 Å². The van der Waals surface area contributed by atoms with E-state index in [-0.39, 0.29) is 39.8 Å². The number of hydrogen-bond acceptors (Lipinski definition) is 8. The molecule has 1 aliphatic heterocycles. The van der Waals surface area contributed by atoms with Gasteiger partial charge in [-0.15, -0.1) is 0 Å². The maximum atomic E-state index is 12.9. The zero-order valence-corrected chi connectivity index (χ0v) is 24.5. The average Bonchev–Trinajstić information content (AvgIpc) is 2.94. The summed E-state index contributed by atoms with van der Waals surface area (Å²) in [6.07, 6.45) is -1.21. The summed E-state index contributed by atoms with van der Waals surface area (Å²) >= 11 is 3.26. The van der Waals surface area contributed by atoms with Gasteiger partial charge in [0.05, 0.1) is 28.6 Å². The molecule has 1 fully saturated rings. The Kier molecular flexibility index (Phi) is 9.26. The van der Waals surface area contributed by atoms with Gasteiger partial charge in [-0.2, -0.15) is 4.31 Å². The van der Waals surface area contributed by atoms with E-state index in [1.54, 1.807) is 12.1 Å². The molecule has 0 radical (unpaired) electrons. The molecular formula is C26H26BrN3O8S2. The number of morpholine rings is 1. The summed E-state index contributed by atoms with van der Waals surface area (Å²) < 4.78 is 65.8. The topological polar surface area (TPSA) is 148 Å². The molecule has 1 aliphatic rings. The van der Waals surface area contributed by atoms with Crippen LogP contribution < -0.4 is 10.0 Å². The lowest BCUT2D eigenvalue weighted by Crippen LogP contribution is -2.40. The van der Waals surface area contributed by atoms with Crippen LogP contribution in [0.25, 0.3) is 0 Å². The molecule has 0 aliphatic carbocycles. The quantitative estimate of drug-likeness (QED) is 0.334. The molecule has 0 bridgehead atoms. The fourth-order valence-corrected chi connectivity index (χ4v) is 6.48. The van der Waals surface area contributed by atoms with Crippen LogP contribution in [-0.2, 0) is 34.3 Å².